The molecule has 0 aliphatic heterocycles. The molecular weight excluding hydrogens is 278 g/mol. The number of pyridine rings is 1. The molecule has 0 saturated heterocycles. The van der Waals surface area contributed by atoms with E-state index >= 15 is 0 Å². The monoisotopic (exact) mass is 293 g/mol. The van der Waals surface area contributed by atoms with E-state index in [4.69, 9.17) is 4.98 Å². The molecule has 0 spiro atoms. The number of para-hydroxylation sites is 1. The summed E-state index contributed by atoms with van der Waals surface area (Å²) < 4.78 is 0. The fourth-order valence-corrected chi connectivity index (χ4v) is 3.67. The number of rotatable bonds is 1. The standard InChI is InChI=1S/C22H15N/c1-2-8-15(9-3-1)22-21-17-11-5-4-10-16(17)14-19(21)18-12-6-7-13-20(18)23-22/h1-13H,14H2. The minimum Gasteiger partial charge on any atom is -0.247 e. The Morgan fingerprint density at radius 1 is 0.696 bits per heavy atom. The van der Waals surface area contributed by atoms with E-state index in [0.29, 0.717) is 0 Å². The predicted molar refractivity (Wildman–Crippen MR) is 95.4 cm³/mol. The molecule has 1 aliphatic rings. The lowest BCUT2D eigenvalue weighted by atomic mass is 9.96. The van der Waals surface area contributed by atoms with Gasteiger partial charge in [0, 0.05) is 16.5 Å². The van der Waals surface area contributed by atoms with Crippen molar-refractivity contribution in [3.05, 3.63) is 90.0 Å². The highest BCUT2D eigenvalue weighted by atomic mass is 14.7. The van der Waals surface area contributed by atoms with Crippen molar-refractivity contribution < 1.29 is 0 Å². The number of hydrogen-bond donors (Lipinski definition) is 0. The third-order valence-corrected chi connectivity index (χ3v) is 4.70. The molecule has 1 aliphatic carbocycles. The maximum absolute atomic E-state index is 5.02. The molecule has 3 aromatic carbocycles. The first-order valence-corrected chi connectivity index (χ1v) is 7.97. The van der Waals surface area contributed by atoms with Gasteiger partial charge in [0.05, 0.1) is 11.2 Å². The first kappa shape index (κ1) is 12.6. The zero-order chi connectivity index (χ0) is 15.2. The quantitative estimate of drug-likeness (QED) is 0.399. The Hall–Kier alpha value is -2.93. The lowest BCUT2D eigenvalue weighted by Gasteiger charge is -2.12. The largest absolute Gasteiger partial charge is 0.247 e. The van der Waals surface area contributed by atoms with Crippen LogP contribution in [0.3, 0.4) is 0 Å². The molecule has 0 saturated carbocycles. The van der Waals surface area contributed by atoms with Crippen LogP contribution in [0, 0.1) is 0 Å². The van der Waals surface area contributed by atoms with Gasteiger partial charge in [0.15, 0.2) is 0 Å². The molecule has 108 valence electrons. The van der Waals surface area contributed by atoms with E-state index in [0.717, 1.165) is 17.6 Å². The van der Waals surface area contributed by atoms with Crippen LogP contribution in [-0.2, 0) is 6.42 Å². The van der Waals surface area contributed by atoms with Crippen LogP contribution in [0.25, 0.3) is 33.3 Å². The molecule has 0 bridgehead atoms. The Labute approximate surface area is 135 Å². The van der Waals surface area contributed by atoms with Gasteiger partial charge in [0.25, 0.3) is 0 Å². The summed E-state index contributed by atoms with van der Waals surface area (Å²) in [6.07, 6.45) is 0.994. The van der Waals surface area contributed by atoms with Crippen molar-refractivity contribution in [2.45, 2.75) is 6.42 Å². The number of fused-ring (bicyclic) bond motifs is 5. The summed E-state index contributed by atoms with van der Waals surface area (Å²) in [5.41, 5.74) is 8.83. The van der Waals surface area contributed by atoms with E-state index in [2.05, 4.69) is 78.9 Å². The summed E-state index contributed by atoms with van der Waals surface area (Å²) >= 11 is 0. The van der Waals surface area contributed by atoms with E-state index in [1.807, 2.05) is 0 Å². The molecule has 0 N–H and O–H groups in total. The molecule has 1 heteroatoms. The minimum atomic E-state index is 0.994. The van der Waals surface area contributed by atoms with E-state index in [1.165, 1.54) is 33.2 Å². The average Bonchev–Trinajstić information content (AvgIpc) is 3.02. The van der Waals surface area contributed by atoms with Crippen LogP contribution in [0.1, 0.15) is 11.1 Å². The number of hydrogen-bond acceptors (Lipinski definition) is 1. The molecule has 1 nitrogen and oxygen atoms in total. The van der Waals surface area contributed by atoms with Gasteiger partial charge in [-0.05, 0) is 29.2 Å². The van der Waals surface area contributed by atoms with Crippen molar-refractivity contribution in [3.63, 3.8) is 0 Å². The van der Waals surface area contributed by atoms with Gasteiger partial charge < -0.3 is 0 Å². The zero-order valence-electron chi connectivity index (χ0n) is 12.7. The fourth-order valence-electron chi connectivity index (χ4n) is 3.67. The third-order valence-electron chi connectivity index (χ3n) is 4.70. The van der Waals surface area contributed by atoms with E-state index in [1.54, 1.807) is 0 Å². The predicted octanol–water partition coefficient (Wildman–Crippen LogP) is 5.47. The van der Waals surface area contributed by atoms with Gasteiger partial charge in [-0.1, -0.05) is 72.8 Å². The van der Waals surface area contributed by atoms with Crippen LogP contribution in [0.15, 0.2) is 78.9 Å². The summed E-state index contributed by atoms with van der Waals surface area (Å²) in [5, 5.41) is 1.28. The third kappa shape index (κ3) is 1.83. The summed E-state index contributed by atoms with van der Waals surface area (Å²) in [6.45, 7) is 0. The highest BCUT2D eigenvalue weighted by Gasteiger charge is 2.25. The second-order valence-corrected chi connectivity index (χ2v) is 6.03. The van der Waals surface area contributed by atoms with E-state index < -0.39 is 0 Å². The number of benzene rings is 3. The first-order chi connectivity index (χ1) is 11.4. The van der Waals surface area contributed by atoms with Crippen molar-refractivity contribution in [3.8, 4) is 22.4 Å². The second-order valence-electron chi connectivity index (χ2n) is 6.03. The zero-order valence-corrected chi connectivity index (χ0v) is 12.7. The maximum atomic E-state index is 5.02. The van der Waals surface area contributed by atoms with Gasteiger partial charge in [-0.25, -0.2) is 4.98 Å². The van der Waals surface area contributed by atoms with Crippen molar-refractivity contribution in [1.82, 2.24) is 4.98 Å². The van der Waals surface area contributed by atoms with Crippen LogP contribution >= 0.6 is 0 Å². The van der Waals surface area contributed by atoms with Gasteiger partial charge in [0.2, 0.25) is 0 Å². The molecule has 4 aromatic rings. The Bertz CT molecular complexity index is 1030. The summed E-state index contributed by atoms with van der Waals surface area (Å²) in [5.74, 6) is 0. The normalized spacial score (nSPS) is 12.2. The molecule has 0 amide bonds. The first-order valence-electron chi connectivity index (χ1n) is 7.97. The van der Waals surface area contributed by atoms with Gasteiger partial charge in [-0.3, -0.25) is 0 Å². The molecule has 1 aromatic heterocycles. The average molecular weight is 293 g/mol. The van der Waals surface area contributed by atoms with E-state index in [-0.39, 0.29) is 0 Å². The lowest BCUT2D eigenvalue weighted by Crippen LogP contribution is -1.93. The van der Waals surface area contributed by atoms with Gasteiger partial charge in [0.1, 0.15) is 0 Å². The second kappa shape index (κ2) is 4.79. The fraction of sp³-hybridized carbons (Fsp3) is 0.0455. The molecule has 0 radical (unpaired) electrons. The van der Waals surface area contributed by atoms with Crippen molar-refractivity contribution in [2.24, 2.45) is 0 Å². The van der Waals surface area contributed by atoms with Crippen LogP contribution in [-0.4, -0.2) is 4.98 Å². The van der Waals surface area contributed by atoms with Crippen molar-refractivity contribution >= 4 is 10.9 Å². The molecule has 5 rings (SSSR count). The van der Waals surface area contributed by atoms with Crippen LogP contribution in [0.2, 0.25) is 0 Å². The van der Waals surface area contributed by atoms with E-state index in [9.17, 15) is 0 Å². The minimum absolute atomic E-state index is 0.994. The molecule has 1 heterocycles. The van der Waals surface area contributed by atoms with Crippen molar-refractivity contribution in [2.75, 3.05) is 0 Å². The maximum Gasteiger partial charge on any atom is 0.0791 e. The SMILES string of the molecule is c1ccc(-c2nc3ccccc3c3c2-c2ccccc2C3)cc1. The molecular formula is C22H15N. The molecule has 23 heavy (non-hydrogen) atoms. The van der Waals surface area contributed by atoms with Crippen LogP contribution in [0.4, 0.5) is 0 Å². The van der Waals surface area contributed by atoms with Gasteiger partial charge in [-0.15, -0.1) is 0 Å². The number of nitrogens with zero attached hydrogens (tertiary/aromatic N) is 1. The molecule has 0 atom stereocenters. The Morgan fingerprint density at radius 3 is 2.35 bits per heavy atom. The highest BCUT2D eigenvalue weighted by molar-refractivity contribution is 5.99. The Morgan fingerprint density at radius 2 is 1.43 bits per heavy atom. The topological polar surface area (TPSA) is 12.9 Å². The number of aromatic nitrogens is 1. The Kier molecular flexibility index (Phi) is 2.62. The summed E-state index contributed by atoms with van der Waals surface area (Å²) in [6, 6.07) is 27.7. The van der Waals surface area contributed by atoms with Crippen LogP contribution < -0.4 is 0 Å². The molecule has 0 unspecified atom stereocenters. The molecule has 0 fully saturated rings. The Balaban J connectivity index is 1.93. The summed E-state index contributed by atoms with van der Waals surface area (Å²) in [4.78, 5) is 5.02. The smallest absolute Gasteiger partial charge is 0.0791 e. The van der Waals surface area contributed by atoms with Crippen LogP contribution in [0.5, 0.6) is 0 Å². The van der Waals surface area contributed by atoms with Gasteiger partial charge in [-0.2, -0.15) is 0 Å². The lowest BCUT2D eigenvalue weighted by molar-refractivity contribution is 1.27. The van der Waals surface area contributed by atoms with Gasteiger partial charge >= 0.3 is 0 Å². The van der Waals surface area contributed by atoms with Crippen molar-refractivity contribution in [1.29, 1.82) is 0 Å². The summed E-state index contributed by atoms with van der Waals surface area (Å²) in [7, 11) is 0. The highest BCUT2D eigenvalue weighted by Crippen LogP contribution is 2.44.